The van der Waals surface area contributed by atoms with Crippen molar-refractivity contribution in [1.82, 2.24) is 4.57 Å². The molecule has 2 aromatic carbocycles. The quantitative estimate of drug-likeness (QED) is 0.481. The minimum absolute atomic E-state index is 0.334. The van der Waals surface area contributed by atoms with E-state index < -0.39 is 0 Å². The Morgan fingerprint density at radius 3 is 2.59 bits per heavy atom. The van der Waals surface area contributed by atoms with Crippen LogP contribution in [0.1, 0.15) is 23.0 Å². The normalized spacial score (nSPS) is 10.9. The number of carbonyl (C=O) groups excluding carboxylic acids is 1. The van der Waals surface area contributed by atoms with Gasteiger partial charge in [-0.2, -0.15) is 0 Å². The van der Waals surface area contributed by atoms with Gasteiger partial charge < -0.3 is 14.2 Å². The number of rotatable bonds is 6. The number of carbonyl (C=O) groups is 1. The van der Waals surface area contributed by atoms with E-state index in [-0.39, 0.29) is 5.97 Å². The van der Waals surface area contributed by atoms with Crippen LogP contribution in [-0.2, 0) is 4.74 Å². The van der Waals surface area contributed by atoms with Gasteiger partial charge in [0.2, 0.25) is 0 Å². The van der Waals surface area contributed by atoms with Crippen molar-refractivity contribution in [3.63, 3.8) is 0 Å². The first-order valence-electron chi connectivity index (χ1n) is 8.85. The molecule has 27 heavy (non-hydrogen) atoms. The highest BCUT2D eigenvalue weighted by Gasteiger charge is 2.06. The number of esters is 1. The molecule has 0 aliphatic heterocycles. The third kappa shape index (κ3) is 4.44. The summed E-state index contributed by atoms with van der Waals surface area (Å²) in [5.41, 5.74) is 4.37. The minimum Gasteiger partial charge on any atom is -0.462 e. The number of benzene rings is 2. The summed E-state index contributed by atoms with van der Waals surface area (Å²) in [5, 5.41) is 0. The van der Waals surface area contributed by atoms with Crippen molar-refractivity contribution < 1.29 is 9.53 Å². The summed E-state index contributed by atoms with van der Waals surface area (Å²) in [6, 6.07) is 19.4. The van der Waals surface area contributed by atoms with Crippen LogP contribution in [0.2, 0.25) is 0 Å². The Hall–Kier alpha value is -3.34. The third-order valence-electron chi connectivity index (χ3n) is 4.13. The Kier molecular flexibility index (Phi) is 5.71. The van der Waals surface area contributed by atoms with Crippen molar-refractivity contribution >= 4 is 23.6 Å². The van der Waals surface area contributed by atoms with Gasteiger partial charge in [0, 0.05) is 31.7 Å². The fourth-order valence-electron chi connectivity index (χ4n) is 2.71. The van der Waals surface area contributed by atoms with Gasteiger partial charge in [0.05, 0.1) is 29.8 Å². The molecule has 0 saturated heterocycles. The minimum atomic E-state index is -0.334. The molecular weight excluding hydrogens is 338 g/mol. The number of hydrogen-bond donors (Lipinski definition) is 0. The summed E-state index contributed by atoms with van der Waals surface area (Å²) >= 11 is 0. The molecule has 0 amide bonds. The van der Waals surface area contributed by atoms with E-state index in [9.17, 15) is 4.79 Å². The van der Waals surface area contributed by atoms with Crippen molar-refractivity contribution in [2.75, 3.05) is 25.6 Å². The number of anilines is 1. The molecule has 0 N–H and O–H groups in total. The number of aliphatic imine (C=N–C) groups is 1. The van der Waals surface area contributed by atoms with E-state index in [0.717, 1.165) is 17.1 Å². The molecule has 0 aliphatic carbocycles. The number of aromatic nitrogens is 1. The number of ether oxygens (including phenoxy) is 1. The lowest BCUT2D eigenvalue weighted by Crippen LogP contribution is -2.08. The van der Waals surface area contributed by atoms with Crippen LogP contribution in [0.4, 0.5) is 11.4 Å². The first kappa shape index (κ1) is 18.5. The molecule has 0 aliphatic rings. The van der Waals surface area contributed by atoms with Crippen LogP contribution >= 0.6 is 0 Å². The van der Waals surface area contributed by atoms with E-state index in [1.807, 2.05) is 38.5 Å². The Bertz CT molecular complexity index is 940. The van der Waals surface area contributed by atoms with Crippen LogP contribution in [0.15, 0.2) is 71.9 Å². The molecule has 0 radical (unpaired) electrons. The molecule has 5 heteroatoms. The molecule has 0 bridgehead atoms. The van der Waals surface area contributed by atoms with Crippen LogP contribution in [0.25, 0.3) is 5.69 Å². The number of nitrogens with zero attached hydrogens (tertiary/aromatic N) is 3. The summed E-state index contributed by atoms with van der Waals surface area (Å²) in [6.07, 6.45) is 3.80. The smallest absolute Gasteiger partial charge is 0.338 e. The van der Waals surface area contributed by atoms with Crippen LogP contribution < -0.4 is 4.90 Å². The van der Waals surface area contributed by atoms with Crippen molar-refractivity contribution in [2.24, 2.45) is 4.99 Å². The lowest BCUT2D eigenvalue weighted by Gasteiger charge is -2.13. The van der Waals surface area contributed by atoms with Gasteiger partial charge in [-0.15, -0.1) is 0 Å². The highest BCUT2D eigenvalue weighted by Crippen LogP contribution is 2.19. The van der Waals surface area contributed by atoms with Gasteiger partial charge in [-0.1, -0.05) is 6.07 Å². The molecule has 1 heterocycles. The van der Waals surface area contributed by atoms with Gasteiger partial charge in [0.15, 0.2) is 0 Å². The van der Waals surface area contributed by atoms with E-state index in [1.165, 1.54) is 0 Å². The Labute approximate surface area is 159 Å². The third-order valence-corrected chi connectivity index (χ3v) is 4.13. The van der Waals surface area contributed by atoms with Gasteiger partial charge in [0.25, 0.3) is 0 Å². The zero-order valence-corrected chi connectivity index (χ0v) is 15.8. The molecule has 0 saturated carbocycles. The molecule has 1 aromatic heterocycles. The largest absolute Gasteiger partial charge is 0.462 e. The van der Waals surface area contributed by atoms with Gasteiger partial charge in [-0.3, -0.25) is 4.99 Å². The number of hydrogen-bond acceptors (Lipinski definition) is 4. The average Bonchev–Trinajstić information content (AvgIpc) is 3.15. The van der Waals surface area contributed by atoms with Crippen LogP contribution in [-0.4, -0.2) is 37.5 Å². The lowest BCUT2D eigenvalue weighted by molar-refractivity contribution is 0.0526. The Morgan fingerprint density at radius 2 is 1.89 bits per heavy atom. The maximum atomic E-state index is 11.9. The molecule has 3 aromatic rings. The molecule has 0 unspecified atom stereocenters. The van der Waals surface area contributed by atoms with Crippen LogP contribution in [0, 0.1) is 0 Å². The van der Waals surface area contributed by atoms with Crippen molar-refractivity contribution in [3.05, 3.63) is 78.1 Å². The van der Waals surface area contributed by atoms with E-state index in [4.69, 9.17) is 4.74 Å². The first-order chi connectivity index (χ1) is 13.1. The van der Waals surface area contributed by atoms with E-state index in [1.54, 1.807) is 31.3 Å². The predicted octanol–water partition coefficient (Wildman–Crippen LogP) is 4.47. The average molecular weight is 361 g/mol. The van der Waals surface area contributed by atoms with Crippen LogP contribution in [0.5, 0.6) is 0 Å². The summed E-state index contributed by atoms with van der Waals surface area (Å²) in [5.74, 6) is -0.334. The van der Waals surface area contributed by atoms with Crippen molar-refractivity contribution in [1.29, 1.82) is 0 Å². The topological polar surface area (TPSA) is 46.8 Å². The van der Waals surface area contributed by atoms with E-state index in [2.05, 4.69) is 38.7 Å². The van der Waals surface area contributed by atoms with Gasteiger partial charge in [-0.05, 0) is 61.5 Å². The fraction of sp³-hybridized carbons (Fsp3) is 0.182. The molecule has 3 rings (SSSR count). The lowest BCUT2D eigenvalue weighted by atomic mass is 10.2. The second-order valence-electron chi connectivity index (χ2n) is 6.24. The van der Waals surface area contributed by atoms with Crippen molar-refractivity contribution in [3.8, 4) is 5.69 Å². The summed E-state index contributed by atoms with van der Waals surface area (Å²) in [7, 11) is 4.04. The molecule has 0 fully saturated rings. The predicted molar refractivity (Wildman–Crippen MR) is 110 cm³/mol. The maximum absolute atomic E-state index is 11.9. The molecular formula is C22H23N3O2. The summed E-state index contributed by atoms with van der Waals surface area (Å²) in [4.78, 5) is 18.5. The molecule has 138 valence electrons. The Morgan fingerprint density at radius 1 is 1.11 bits per heavy atom. The zero-order chi connectivity index (χ0) is 19.2. The molecule has 5 nitrogen and oxygen atoms in total. The maximum Gasteiger partial charge on any atom is 0.338 e. The van der Waals surface area contributed by atoms with Gasteiger partial charge in [-0.25, -0.2) is 4.79 Å². The standard InChI is InChI=1S/C22H23N3O2/c1-4-27-22(26)17-7-5-8-18(15-17)23-16-21-9-6-14-25(21)20-12-10-19(11-13-20)24(2)3/h5-16H,4H2,1-3H3. The highest BCUT2D eigenvalue weighted by atomic mass is 16.5. The monoisotopic (exact) mass is 361 g/mol. The SMILES string of the molecule is CCOC(=O)c1cccc(N=Cc2cccn2-c2ccc(N(C)C)cc2)c1. The van der Waals surface area contributed by atoms with Gasteiger partial charge in [0.1, 0.15) is 0 Å². The highest BCUT2D eigenvalue weighted by molar-refractivity contribution is 5.91. The molecule has 0 atom stereocenters. The van der Waals surface area contributed by atoms with E-state index in [0.29, 0.717) is 17.9 Å². The second kappa shape index (κ2) is 8.36. The van der Waals surface area contributed by atoms with Crippen molar-refractivity contribution in [2.45, 2.75) is 6.92 Å². The van der Waals surface area contributed by atoms with Gasteiger partial charge >= 0.3 is 5.97 Å². The zero-order valence-electron chi connectivity index (χ0n) is 15.8. The summed E-state index contributed by atoms with van der Waals surface area (Å²) in [6.45, 7) is 2.14. The Balaban J connectivity index is 1.82. The molecule has 0 spiro atoms. The fourth-order valence-corrected chi connectivity index (χ4v) is 2.71. The van der Waals surface area contributed by atoms with E-state index >= 15 is 0 Å². The first-order valence-corrected chi connectivity index (χ1v) is 8.85. The van der Waals surface area contributed by atoms with Crippen LogP contribution in [0.3, 0.4) is 0 Å². The second-order valence-corrected chi connectivity index (χ2v) is 6.24. The summed E-state index contributed by atoms with van der Waals surface area (Å²) < 4.78 is 7.11.